The highest BCUT2D eigenvalue weighted by Crippen LogP contribution is 2.46. The lowest BCUT2D eigenvalue weighted by Gasteiger charge is -2.41. The van der Waals surface area contributed by atoms with Gasteiger partial charge in [0, 0.05) is 5.92 Å². The molecule has 3 rings (SSSR count). The zero-order chi connectivity index (χ0) is 17.5. The quantitative estimate of drug-likeness (QED) is 0.458. The van der Waals surface area contributed by atoms with Crippen molar-refractivity contribution in [1.82, 2.24) is 0 Å². The van der Waals surface area contributed by atoms with Gasteiger partial charge in [-0.15, -0.1) is 0 Å². The number of nitriles is 1. The SMILES string of the molecule is CCCCCC1CCC(C2CCC(C3CCC(C#N)CC3)CC2)CC1. The highest BCUT2D eigenvalue weighted by Gasteiger charge is 2.34. The van der Waals surface area contributed by atoms with E-state index in [9.17, 15) is 0 Å². The van der Waals surface area contributed by atoms with Crippen LogP contribution in [0.4, 0.5) is 0 Å². The van der Waals surface area contributed by atoms with Crippen molar-refractivity contribution in [2.75, 3.05) is 0 Å². The maximum Gasteiger partial charge on any atom is 0.0655 e. The summed E-state index contributed by atoms with van der Waals surface area (Å²) in [6.07, 6.45) is 23.1. The van der Waals surface area contributed by atoms with Gasteiger partial charge in [-0.25, -0.2) is 0 Å². The average Bonchev–Trinajstić information content (AvgIpc) is 2.69. The Morgan fingerprint density at radius 3 is 1.52 bits per heavy atom. The summed E-state index contributed by atoms with van der Waals surface area (Å²) < 4.78 is 0. The molecule has 0 spiro atoms. The first-order chi connectivity index (χ1) is 12.3. The van der Waals surface area contributed by atoms with E-state index < -0.39 is 0 Å². The van der Waals surface area contributed by atoms with Gasteiger partial charge in [0.25, 0.3) is 0 Å². The first-order valence-corrected chi connectivity index (χ1v) is 11.7. The van der Waals surface area contributed by atoms with E-state index in [4.69, 9.17) is 5.26 Å². The molecule has 0 radical (unpaired) electrons. The van der Waals surface area contributed by atoms with Crippen molar-refractivity contribution in [3.8, 4) is 6.07 Å². The van der Waals surface area contributed by atoms with Gasteiger partial charge in [0.1, 0.15) is 0 Å². The Kier molecular flexibility index (Phi) is 7.69. The normalized spacial score (nSPS) is 39.7. The van der Waals surface area contributed by atoms with Gasteiger partial charge in [0.2, 0.25) is 0 Å². The predicted octanol–water partition coefficient (Wildman–Crippen LogP) is 7.51. The second kappa shape index (κ2) is 9.99. The first-order valence-electron chi connectivity index (χ1n) is 11.7. The lowest BCUT2D eigenvalue weighted by Crippen LogP contribution is -2.29. The second-order valence-corrected chi connectivity index (χ2v) is 9.69. The van der Waals surface area contributed by atoms with Crippen LogP contribution < -0.4 is 0 Å². The van der Waals surface area contributed by atoms with E-state index in [0.717, 1.165) is 29.6 Å². The largest absolute Gasteiger partial charge is 0.198 e. The second-order valence-electron chi connectivity index (χ2n) is 9.69. The summed E-state index contributed by atoms with van der Waals surface area (Å²) in [5.41, 5.74) is 0. The third kappa shape index (κ3) is 5.48. The fraction of sp³-hybridized carbons (Fsp3) is 0.958. The number of hydrogen-bond donors (Lipinski definition) is 0. The van der Waals surface area contributed by atoms with Crippen molar-refractivity contribution in [1.29, 1.82) is 5.26 Å². The van der Waals surface area contributed by atoms with E-state index in [-0.39, 0.29) is 0 Å². The summed E-state index contributed by atoms with van der Waals surface area (Å²) in [4.78, 5) is 0. The Morgan fingerprint density at radius 1 is 0.640 bits per heavy atom. The maximum absolute atomic E-state index is 9.10. The summed E-state index contributed by atoms with van der Waals surface area (Å²) in [5.74, 6) is 5.52. The fourth-order valence-electron chi connectivity index (χ4n) is 6.44. The van der Waals surface area contributed by atoms with Crippen LogP contribution in [-0.2, 0) is 0 Å². The van der Waals surface area contributed by atoms with Gasteiger partial charge in [-0.1, -0.05) is 45.4 Å². The van der Waals surface area contributed by atoms with Crippen molar-refractivity contribution in [3.05, 3.63) is 0 Å². The molecular formula is C24H41N. The molecule has 0 heterocycles. The molecule has 1 nitrogen and oxygen atoms in total. The van der Waals surface area contributed by atoms with Gasteiger partial charge >= 0.3 is 0 Å². The van der Waals surface area contributed by atoms with E-state index in [2.05, 4.69) is 13.0 Å². The van der Waals surface area contributed by atoms with Crippen LogP contribution in [0.3, 0.4) is 0 Å². The number of nitrogens with zero attached hydrogens (tertiary/aromatic N) is 1. The van der Waals surface area contributed by atoms with E-state index in [1.54, 1.807) is 12.8 Å². The van der Waals surface area contributed by atoms with Crippen LogP contribution in [0, 0.1) is 46.8 Å². The Labute approximate surface area is 157 Å². The van der Waals surface area contributed by atoms with Gasteiger partial charge in [-0.05, 0) is 93.8 Å². The number of hydrogen-bond acceptors (Lipinski definition) is 1. The molecule has 0 amide bonds. The number of unbranched alkanes of at least 4 members (excludes halogenated alkanes) is 2. The van der Waals surface area contributed by atoms with E-state index in [0.29, 0.717) is 5.92 Å². The average molecular weight is 344 g/mol. The molecule has 0 aliphatic heterocycles. The van der Waals surface area contributed by atoms with Crippen molar-refractivity contribution in [3.63, 3.8) is 0 Å². The van der Waals surface area contributed by atoms with Gasteiger partial charge in [-0.3, -0.25) is 0 Å². The molecule has 0 aromatic rings. The van der Waals surface area contributed by atoms with Crippen molar-refractivity contribution in [2.45, 2.75) is 110 Å². The van der Waals surface area contributed by atoms with Crippen LogP contribution in [0.2, 0.25) is 0 Å². The van der Waals surface area contributed by atoms with Crippen LogP contribution in [0.25, 0.3) is 0 Å². The molecule has 0 bridgehead atoms. The van der Waals surface area contributed by atoms with Crippen LogP contribution >= 0.6 is 0 Å². The summed E-state index contributed by atoms with van der Waals surface area (Å²) in [7, 11) is 0. The van der Waals surface area contributed by atoms with Gasteiger partial charge in [0.05, 0.1) is 6.07 Å². The number of rotatable bonds is 6. The van der Waals surface area contributed by atoms with Crippen LogP contribution in [0.5, 0.6) is 0 Å². The molecule has 0 atom stereocenters. The first kappa shape index (κ1) is 19.3. The highest BCUT2D eigenvalue weighted by atomic mass is 14.4. The third-order valence-electron chi connectivity index (χ3n) is 8.21. The van der Waals surface area contributed by atoms with Gasteiger partial charge < -0.3 is 0 Å². The monoisotopic (exact) mass is 343 g/mol. The van der Waals surface area contributed by atoms with Crippen molar-refractivity contribution in [2.24, 2.45) is 35.5 Å². The molecule has 3 aliphatic rings. The minimum Gasteiger partial charge on any atom is -0.198 e. The topological polar surface area (TPSA) is 23.8 Å². The molecular weight excluding hydrogens is 302 g/mol. The zero-order valence-electron chi connectivity index (χ0n) is 16.7. The lowest BCUT2D eigenvalue weighted by atomic mass is 9.65. The van der Waals surface area contributed by atoms with Crippen LogP contribution in [0.15, 0.2) is 0 Å². The summed E-state index contributed by atoms with van der Waals surface area (Å²) in [6, 6.07) is 2.50. The molecule has 25 heavy (non-hydrogen) atoms. The molecule has 0 aromatic carbocycles. The zero-order valence-corrected chi connectivity index (χ0v) is 16.7. The highest BCUT2D eigenvalue weighted by molar-refractivity contribution is 4.90. The molecule has 1 heteroatoms. The molecule has 0 aromatic heterocycles. The lowest BCUT2D eigenvalue weighted by molar-refractivity contribution is 0.107. The van der Waals surface area contributed by atoms with Gasteiger partial charge in [-0.2, -0.15) is 5.26 Å². The Bertz CT molecular complexity index is 398. The fourth-order valence-corrected chi connectivity index (χ4v) is 6.44. The van der Waals surface area contributed by atoms with Crippen molar-refractivity contribution >= 4 is 0 Å². The van der Waals surface area contributed by atoms with Gasteiger partial charge in [0.15, 0.2) is 0 Å². The van der Waals surface area contributed by atoms with E-state index in [1.165, 1.54) is 89.9 Å². The smallest absolute Gasteiger partial charge is 0.0655 e. The van der Waals surface area contributed by atoms with Crippen LogP contribution in [-0.4, -0.2) is 0 Å². The van der Waals surface area contributed by atoms with Crippen LogP contribution in [0.1, 0.15) is 110 Å². The molecule has 142 valence electrons. The van der Waals surface area contributed by atoms with E-state index in [1.807, 2.05) is 0 Å². The maximum atomic E-state index is 9.10. The van der Waals surface area contributed by atoms with E-state index >= 15 is 0 Å². The Morgan fingerprint density at radius 2 is 1.08 bits per heavy atom. The molecule has 0 N–H and O–H groups in total. The Balaban J connectivity index is 1.34. The summed E-state index contributed by atoms with van der Waals surface area (Å²) in [5, 5.41) is 9.10. The molecule has 0 saturated heterocycles. The standard InChI is InChI=1S/C24H41N/c1-2-3-4-5-19-6-10-21(11-7-19)23-14-16-24(17-15-23)22-12-8-20(18-25)9-13-22/h19-24H,2-17H2,1H3. The summed E-state index contributed by atoms with van der Waals surface area (Å²) >= 11 is 0. The molecule has 3 aliphatic carbocycles. The third-order valence-corrected chi connectivity index (χ3v) is 8.21. The minimum absolute atomic E-state index is 0.375. The molecule has 0 unspecified atom stereocenters. The minimum atomic E-state index is 0.375. The summed E-state index contributed by atoms with van der Waals surface area (Å²) in [6.45, 7) is 2.32. The van der Waals surface area contributed by atoms with Crippen molar-refractivity contribution < 1.29 is 0 Å². The predicted molar refractivity (Wildman–Crippen MR) is 106 cm³/mol. The molecule has 3 fully saturated rings. The Hall–Kier alpha value is -0.510. The molecule has 3 saturated carbocycles.